The number of carbonyl (C=O) groups is 1. The third kappa shape index (κ3) is 3.10. The first kappa shape index (κ1) is 15.2. The van der Waals surface area contributed by atoms with Gasteiger partial charge in [0.05, 0.1) is 17.7 Å². The maximum atomic E-state index is 12.5. The van der Waals surface area contributed by atoms with Gasteiger partial charge in [-0.1, -0.05) is 27.7 Å². The normalized spacial score (nSPS) is 20.2. The van der Waals surface area contributed by atoms with Crippen molar-refractivity contribution < 1.29 is 4.79 Å². The number of carbonyl (C=O) groups excluding carboxylic acids is 1. The quantitative estimate of drug-likeness (QED) is 0.757. The van der Waals surface area contributed by atoms with Crippen LogP contribution in [0.5, 0.6) is 0 Å². The van der Waals surface area contributed by atoms with Gasteiger partial charge < -0.3 is 5.73 Å². The Balaban J connectivity index is 2.88. The molecule has 1 aliphatic rings. The number of rotatable bonds is 7. The topological polar surface area (TPSA) is 58.7 Å². The van der Waals surface area contributed by atoms with Gasteiger partial charge >= 0.3 is 0 Å². The first-order chi connectivity index (χ1) is 8.56. The summed E-state index contributed by atoms with van der Waals surface area (Å²) in [5.74, 6) is 0.478. The molecule has 0 radical (unpaired) electrons. The van der Waals surface area contributed by atoms with E-state index in [1.165, 1.54) is 0 Å². The van der Waals surface area contributed by atoms with Crippen LogP contribution < -0.4 is 5.73 Å². The second-order valence-electron chi connectivity index (χ2n) is 5.32. The SMILES string of the molecule is CCC(CC)N1N=C(C(C)C)C(CCCN)C1=O. The predicted octanol–water partition coefficient (Wildman–Crippen LogP) is 2.38. The highest BCUT2D eigenvalue weighted by atomic mass is 16.2. The molecule has 1 aliphatic heterocycles. The van der Waals surface area contributed by atoms with Crippen LogP contribution in [0.1, 0.15) is 53.4 Å². The van der Waals surface area contributed by atoms with Crippen LogP contribution in [0.25, 0.3) is 0 Å². The van der Waals surface area contributed by atoms with Gasteiger partial charge in [-0.2, -0.15) is 5.10 Å². The highest BCUT2D eigenvalue weighted by Gasteiger charge is 2.38. The van der Waals surface area contributed by atoms with Crippen molar-refractivity contribution in [2.75, 3.05) is 6.54 Å². The van der Waals surface area contributed by atoms with Crippen LogP contribution in [0, 0.1) is 11.8 Å². The molecule has 0 saturated carbocycles. The minimum atomic E-state index is -0.0332. The van der Waals surface area contributed by atoms with Crippen molar-refractivity contribution in [1.82, 2.24) is 5.01 Å². The average molecular weight is 253 g/mol. The van der Waals surface area contributed by atoms with E-state index in [0.717, 1.165) is 31.4 Å². The van der Waals surface area contributed by atoms with Crippen molar-refractivity contribution in [2.45, 2.75) is 59.4 Å². The minimum absolute atomic E-state index is 0.0332. The lowest BCUT2D eigenvalue weighted by molar-refractivity contribution is -0.134. The molecule has 0 bridgehead atoms. The fourth-order valence-electron chi connectivity index (χ4n) is 2.54. The van der Waals surface area contributed by atoms with Crippen molar-refractivity contribution in [3.8, 4) is 0 Å². The van der Waals surface area contributed by atoms with Crippen molar-refractivity contribution in [1.29, 1.82) is 0 Å². The summed E-state index contributed by atoms with van der Waals surface area (Å²) in [4.78, 5) is 12.5. The maximum absolute atomic E-state index is 12.5. The van der Waals surface area contributed by atoms with Gasteiger partial charge in [0.15, 0.2) is 0 Å². The van der Waals surface area contributed by atoms with Crippen molar-refractivity contribution in [3.63, 3.8) is 0 Å². The lowest BCUT2D eigenvalue weighted by Gasteiger charge is -2.22. The second-order valence-corrected chi connectivity index (χ2v) is 5.32. The second kappa shape index (κ2) is 6.88. The number of nitrogens with zero attached hydrogens (tertiary/aromatic N) is 2. The third-order valence-electron chi connectivity index (χ3n) is 3.68. The Bertz CT molecular complexity index is 308. The van der Waals surface area contributed by atoms with E-state index in [-0.39, 0.29) is 17.9 Å². The third-order valence-corrected chi connectivity index (χ3v) is 3.68. The van der Waals surface area contributed by atoms with E-state index in [1.54, 1.807) is 5.01 Å². The predicted molar refractivity (Wildman–Crippen MR) is 75.3 cm³/mol. The first-order valence-corrected chi connectivity index (χ1v) is 7.18. The highest BCUT2D eigenvalue weighted by Crippen LogP contribution is 2.27. The Hall–Kier alpha value is -0.900. The molecule has 0 aromatic carbocycles. The Labute approximate surface area is 111 Å². The maximum Gasteiger partial charge on any atom is 0.251 e. The van der Waals surface area contributed by atoms with Crippen molar-refractivity contribution >= 4 is 11.6 Å². The molecule has 0 aliphatic carbocycles. The van der Waals surface area contributed by atoms with E-state index in [2.05, 4.69) is 32.8 Å². The molecule has 1 heterocycles. The van der Waals surface area contributed by atoms with E-state index in [9.17, 15) is 4.79 Å². The number of amides is 1. The summed E-state index contributed by atoms with van der Waals surface area (Å²) in [5.41, 5.74) is 6.60. The molecule has 18 heavy (non-hydrogen) atoms. The molecule has 1 atom stereocenters. The fraction of sp³-hybridized carbons (Fsp3) is 0.857. The van der Waals surface area contributed by atoms with Crippen LogP contribution in [-0.4, -0.2) is 29.2 Å². The molecule has 0 aromatic rings. The minimum Gasteiger partial charge on any atom is -0.330 e. The molecule has 1 amide bonds. The van der Waals surface area contributed by atoms with E-state index in [0.29, 0.717) is 12.5 Å². The van der Waals surface area contributed by atoms with E-state index < -0.39 is 0 Å². The van der Waals surface area contributed by atoms with Crippen molar-refractivity contribution in [3.05, 3.63) is 0 Å². The van der Waals surface area contributed by atoms with Crippen LogP contribution in [0.15, 0.2) is 5.10 Å². The number of nitrogens with two attached hydrogens (primary N) is 1. The lowest BCUT2D eigenvalue weighted by atomic mass is 9.90. The summed E-state index contributed by atoms with van der Waals surface area (Å²) in [5, 5.41) is 6.34. The van der Waals surface area contributed by atoms with Gasteiger partial charge in [0, 0.05) is 0 Å². The zero-order valence-corrected chi connectivity index (χ0v) is 12.1. The average Bonchev–Trinajstić information content (AvgIpc) is 2.67. The summed E-state index contributed by atoms with van der Waals surface area (Å²) in [6.07, 6.45) is 3.64. The van der Waals surface area contributed by atoms with Crippen molar-refractivity contribution in [2.24, 2.45) is 22.7 Å². The van der Waals surface area contributed by atoms with Gasteiger partial charge in [-0.15, -0.1) is 0 Å². The fourth-order valence-corrected chi connectivity index (χ4v) is 2.54. The van der Waals surface area contributed by atoms with E-state index >= 15 is 0 Å². The molecule has 0 spiro atoms. The lowest BCUT2D eigenvalue weighted by Crippen LogP contribution is -2.35. The molecular weight excluding hydrogens is 226 g/mol. The molecule has 104 valence electrons. The molecule has 0 saturated heterocycles. The number of hydrazone groups is 1. The molecule has 1 rings (SSSR count). The Morgan fingerprint density at radius 3 is 2.39 bits per heavy atom. The monoisotopic (exact) mass is 253 g/mol. The summed E-state index contributed by atoms with van der Waals surface area (Å²) in [6, 6.07) is 0.245. The molecule has 0 fully saturated rings. The molecule has 4 nitrogen and oxygen atoms in total. The molecule has 2 N–H and O–H groups in total. The van der Waals surface area contributed by atoms with Gasteiger partial charge in [-0.05, 0) is 38.1 Å². The van der Waals surface area contributed by atoms with Gasteiger partial charge in [-0.25, -0.2) is 5.01 Å². The standard InChI is InChI=1S/C14H27N3O/c1-5-11(6-2)17-14(18)12(8-7-9-15)13(16-17)10(3)4/h10-12H,5-9,15H2,1-4H3. The summed E-state index contributed by atoms with van der Waals surface area (Å²) < 4.78 is 0. The van der Waals surface area contributed by atoms with Crippen LogP contribution in [0.4, 0.5) is 0 Å². The van der Waals surface area contributed by atoms with E-state index in [1.807, 2.05) is 0 Å². The molecule has 4 heteroatoms. The molecule has 1 unspecified atom stereocenters. The van der Waals surface area contributed by atoms with Gasteiger partial charge in [0.1, 0.15) is 0 Å². The molecule has 0 aromatic heterocycles. The Morgan fingerprint density at radius 2 is 1.94 bits per heavy atom. The molecular formula is C14H27N3O. The smallest absolute Gasteiger partial charge is 0.251 e. The zero-order chi connectivity index (χ0) is 13.7. The Morgan fingerprint density at radius 1 is 1.33 bits per heavy atom. The Kier molecular flexibility index (Phi) is 5.79. The summed E-state index contributed by atoms with van der Waals surface area (Å²) in [7, 11) is 0. The van der Waals surface area contributed by atoms with Gasteiger partial charge in [0.2, 0.25) is 0 Å². The van der Waals surface area contributed by atoms with Gasteiger partial charge in [0.25, 0.3) is 5.91 Å². The summed E-state index contributed by atoms with van der Waals surface area (Å²) in [6.45, 7) is 9.08. The van der Waals surface area contributed by atoms with Crippen LogP contribution in [0.3, 0.4) is 0 Å². The highest BCUT2D eigenvalue weighted by molar-refractivity contribution is 6.08. The van der Waals surface area contributed by atoms with Crippen LogP contribution >= 0.6 is 0 Å². The number of hydrogen-bond acceptors (Lipinski definition) is 3. The first-order valence-electron chi connectivity index (χ1n) is 7.18. The zero-order valence-electron chi connectivity index (χ0n) is 12.1. The summed E-state index contributed by atoms with van der Waals surface area (Å²) >= 11 is 0. The largest absolute Gasteiger partial charge is 0.330 e. The van der Waals surface area contributed by atoms with E-state index in [4.69, 9.17) is 5.73 Å². The number of hydrogen-bond donors (Lipinski definition) is 1. The van der Waals surface area contributed by atoms with Gasteiger partial charge in [-0.3, -0.25) is 4.79 Å². The van der Waals surface area contributed by atoms with Crippen LogP contribution in [-0.2, 0) is 4.79 Å². The van der Waals surface area contributed by atoms with Crippen LogP contribution in [0.2, 0.25) is 0 Å².